The zero-order valence-electron chi connectivity index (χ0n) is 30.9. The summed E-state index contributed by atoms with van der Waals surface area (Å²) in [6.45, 7) is 0. The van der Waals surface area contributed by atoms with Crippen LogP contribution in [0, 0.1) is 0 Å². The molecule has 13 heteroatoms. The molecular weight excluding hydrogens is 753 g/mol. The molecular formula is C45H36N6O6S. The lowest BCUT2D eigenvalue weighted by Gasteiger charge is -2.50. The van der Waals surface area contributed by atoms with Gasteiger partial charge in [0.05, 0.1) is 6.04 Å². The Morgan fingerprint density at radius 3 is 1.78 bits per heavy atom. The number of aldehydes is 1. The summed E-state index contributed by atoms with van der Waals surface area (Å²) < 4.78 is 10.4. The van der Waals surface area contributed by atoms with Crippen molar-refractivity contribution in [1.29, 1.82) is 0 Å². The van der Waals surface area contributed by atoms with E-state index in [1.807, 2.05) is 152 Å². The van der Waals surface area contributed by atoms with Crippen LogP contribution in [0.5, 0.6) is 0 Å². The average Bonchev–Trinajstić information content (AvgIpc) is 3.72. The Hall–Kier alpha value is -7.25. The maximum Gasteiger partial charge on any atom is 0.356 e. The second-order valence-corrected chi connectivity index (χ2v) is 14.4. The Morgan fingerprint density at radius 1 is 0.810 bits per heavy atom. The number of benzene rings is 5. The molecule has 0 saturated carbocycles. The third-order valence-electron chi connectivity index (χ3n) is 10.2. The van der Waals surface area contributed by atoms with Crippen molar-refractivity contribution in [2.24, 2.45) is 5.16 Å². The lowest BCUT2D eigenvalue weighted by molar-refractivity contribution is -0.159. The first kappa shape index (κ1) is 37.7. The zero-order valence-corrected chi connectivity index (χ0v) is 31.7. The van der Waals surface area contributed by atoms with E-state index >= 15 is 0 Å². The fraction of sp³-hybridized carbons (Fsp3) is 0.133. The summed E-state index contributed by atoms with van der Waals surface area (Å²) in [5, 5.41) is 7.37. The highest BCUT2D eigenvalue weighted by Crippen LogP contribution is 2.41. The number of hydrogen-bond donors (Lipinski definition) is 2. The van der Waals surface area contributed by atoms with Crippen LogP contribution < -0.4 is 11.1 Å². The first-order valence-corrected chi connectivity index (χ1v) is 19.3. The Kier molecular flexibility index (Phi) is 10.7. The second kappa shape index (κ2) is 16.5. The smallest absolute Gasteiger partial charge is 0.356 e. The normalized spacial score (nSPS) is 16.6. The monoisotopic (exact) mass is 788 g/mol. The topological polar surface area (TPSA) is 166 Å². The maximum atomic E-state index is 14.3. The van der Waals surface area contributed by atoms with Crippen molar-refractivity contribution < 1.29 is 28.8 Å². The minimum Gasteiger partial charge on any atom is -0.448 e. The van der Waals surface area contributed by atoms with Gasteiger partial charge < -0.3 is 20.6 Å². The van der Waals surface area contributed by atoms with Gasteiger partial charge in [0, 0.05) is 33.8 Å². The third-order valence-corrected chi connectivity index (χ3v) is 10.8. The summed E-state index contributed by atoms with van der Waals surface area (Å²) in [5.74, 6) is -2.34. The number of aromatic nitrogens is 2. The van der Waals surface area contributed by atoms with E-state index in [2.05, 4.69) is 19.8 Å². The number of oxime groups is 1. The van der Waals surface area contributed by atoms with E-state index in [0.29, 0.717) is 23.8 Å². The molecule has 1 saturated heterocycles. The minimum absolute atomic E-state index is 0.0908. The molecule has 2 amide bonds. The first-order chi connectivity index (χ1) is 28.4. The molecule has 5 aromatic carbocycles. The number of amides is 2. The fourth-order valence-corrected chi connectivity index (χ4v) is 7.89. The van der Waals surface area contributed by atoms with E-state index in [1.165, 1.54) is 4.90 Å². The van der Waals surface area contributed by atoms with Crippen LogP contribution in [0.4, 0.5) is 5.13 Å². The Morgan fingerprint density at radius 2 is 1.31 bits per heavy atom. The molecule has 1 fully saturated rings. The molecule has 3 heterocycles. The van der Waals surface area contributed by atoms with Gasteiger partial charge in [-0.1, -0.05) is 157 Å². The largest absolute Gasteiger partial charge is 0.448 e. The molecule has 288 valence electrons. The lowest BCUT2D eigenvalue weighted by Crippen LogP contribution is -2.72. The average molecular weight is 789 g/mol. The Balaban J connectivity index is 1.10. The first-order valence-electron chi connectivity index (χ1n) is 18.5. The van der Waals surface area contributed by atoms with Gasteiger partial charge in [0.2, 0.25) is 17.1 Å². The van der Waals surface area contributed by atoms with Crippen molar-refractivity contribution in [1.82, 2.24) is 19.6 Å². The summed E-state index contributed by atoms with van der Waals surface area (Å²) in [7, 11) is 0. The van der Waals surface area contributed by atoms with Crippen LogP contribution in [0.1, 0.15) is 52.6 Å². The third kappa shape index (κ3) is 7.14. The van der Waals surface area contributed by atoms with Crippen molar-refractivity contribution in [3.8, 4) is 0 Å². The zero-order chi connectivity index (χ0) is 40.1. The Labute approximate surface area is 337 Å². The number of fused-ring (bicyclic) bond motifs is 1. The summed E-state index contributed by atoms with van der Waals surface area (Å²) in [6.07, 6.45) is 0.240. The molecule has 1 aromatic heterocycles. The van der Waals surface area contributed by atoms with Gasteiger partial charge in [0.15, 0.2) is 11.2 Å². The number of nitrogens with zero attached hydrogens (tertiary/aromatic N) is 4. The van der Waals surface area contributed by atoms with Gasteiger partial charge in [-0.2, -0.15) is 9.36 Å². The highest BCUT2D eigenvalue weighted by atomic mass is 32.1. The van der Waals surface area contributed by atoms with E-state index in [4.69, 9.17) is 15.3 Å². The van der Waals surface area contributed by atoms with Gasteiger partial charge in [-0.25, -0.2) is 4.79 Å². The van der Waals surface area contributed by atoms with Crippen LogP contribution in [0.2, 0.25) is 0 Å². The van der Waals surface area contributed by atoms with Crippen LogP contribution in [0.25, 0.3) is 0 Å². The van der Waals surface area contributed by atoms with Crippen molar-refractivity contribution in [2.45, 2.75) is 36.6 Å². The molecule has 12 nitrogen and oxygen atoms in total. The van der Waals surface area contributed by atoms with E-state index in [1.54, 1.807) is 0 Å². The predicted octanol–water partition coefficient (Wildman–Crippen LogP) is 6.11. The summed E-state index contributed by atoms with van der Waals surface area (Å²) in [5.41, 5.74) is 7.91. The van der Waals surface area contributed by atoms with Crippen molar-refractivity contribution >= 4 is 46.4 Å². The number of nitrogens with two attached hydrogens (primary N) is 1. The van der Waals surface area contributed by atoms with Crippen LogP contribution in [0.3, 0.4) is 0 Å². The molecule has 2 aliphatic heterocycles. The summed E-state index contributed by atoms with van der Waals surface area (Å²) in [4.78, 5) is 66.8. The van der Waals surface area contributed by atoms with Crippen molar-refractivity contribution in [2.75, 3.05) is 5.73 Å². The Bertz CT molecular complexity index is 2360. The van der Waals surface area contributed by atoms with Gasteiger partial charge in [-0.05, 0) is 24.0 Å². The number of carbonyl (C=O) groups excluding carboxylic acids is 4. The predicted molar refractivity (Wildman–Crippen MR) is 217 cm³/mol. The van der Waals surface area contributed by atoms with Crippen molar-refractivity contribution in [3.63, 3.8) is 0 Å². The molecule has 0 aliphatic carbocycles. The minimum atomic E-state index is -1.34. The number of allylic oxidation sites excluding steroid dienone is 1. The molecule has 6 aromatic rings. The number of ether oxygens (including phenoxy) is 1. The quantitative estimate of drug-likeness (QED) is 0.0351. The standard InChI is InChI=1S/C45H36N6O6S/c46-44-48-40(50-58-44)37(49-57-45(32-20-10-3-11-21-32,33-22-12-4-13-23-33)34-24-14-5-15-25-34)41(53)47-36-35-27-26-31(28-52)38(51(35)42(36)54)43(55)56-39(29-16-6-1-7-17-29)30-18-8-2-9-19-30/h1-25,28,35-36,39H,26-27H2,(H,47,53)(H2,46,48,50)/b49-37+/t35-,36+/m1/s1. The van der Waals surface area contributed by atoms with E-state index in [9.17, 15) is 19.2 Å². The number of hydrogen-bond acceptors (Lipinski definition) is 11. The van der Waals surface area contributed by atoms with Gasteiger partial charge in [-0.15, -0.1) is 0 Å². The highest BCUT2D eigenvalue weighted by Gasteiger charge is 2.54. The molecule has 2 aliphatic rings. The van der Waals surface area contributed by atoms with Crippen molar-refractivity contribution in [3.05, 3.63) is 197 Å². The van der Waals surface area contributed by atoms with Crippen LogP contribution >= 0.6 is 11.5 Å². The second-order valence-electron chi connectivity index (χ2n) is 13.6. The molecule has 0 bridgehead atoms. The summed E-state index contributed by atoms with van der Waals surface area (Å²) in [6, 6.07) is 45.1. The number of esters is 1. The van der Waals surface area contributed by atoms with Crippen LogP contribution in [-0.2, 0) is 34.4 Å². The highest BCUT2D eigenvalue weighted by molar-refractivity contribution is 7.09. The molecule has 0 spiro atoms. The molecule has 58 heavy (non-hydrogen) atoms. The van der Waals surface area contributed by atoms with E-state index in [0.717, 1.165) is 28.2 Å². The molecule has 0 unspecified atom stereocenters. The fourth-order valence-electron chi connectivity index (χ4n) is 7.46. The summed E-state index contributed by atoms with van der Waals surface area (Å²) >= 11 is 0.872. The van der Waals surface area contributed by atoms with Crippen LogP contribution in [0.15, 0.2) is 168 Å². The number of rotatable bonds is 13. The van der Waals surface area contributed by atoms with Gasteiger partial charge in [-0.3, -0.25) is 19.3 Å². The number of β-lactam (4-membered cyclic amide) rings is 1. The molecule has 8 rings (SSSR count). The maximum absolute atomic E-state index is 14.3. The SMILES string of the molecule is Nc1nc(/C(=N\OC(c2ccccc2)(c2ccccc2)c2ccccc2)C(=O)N[C@@H]2C(=O)N3C(C(=O)OC(c4ccccc4)c4ccccc4)=C(C=O)CC[C@H]23)ns1. The number of nitrogens with one attached hydrogen (secondary N) is 1. The molecule has 3 N–H and O–H groups in total. The van der Waals surface area contributed by atoms with Gasteiger partial charge in [0.25, 0.3) is 11.8 Å². The van der Waals surface area contributed by atoms with E-state index < -0.39 is 41.6 Å². The van der Waals surface area contributed by atoms with Crippen LogP contribution in [-0.4, -0.2) is 56.1 Å². The number of nitrogen functional groups attached to an aromatic ring is 1. The lowest BCUT2D eigenvalue weighted by atomic mass is 9.80. The van der Waals surface area contributed by atoms with Gasteiger partial charge in [0.1, 0.15) is 18.0 Å². The molecule has 2 atom stereocenters. The number of anilines is 1. The number of carbonyl (C=O) groups is 4. The van der Waals surface area contributed by atoms with E-state index in [-0.39, 0.29) is 34.4 Å². The van der Waals surface area contributed by atoms with Gasteiger partial charge >= 0.3 is 5.97 Å². The molecule has 0 radical (unpaired) electrons.